The van der Waals surface area contributed by atoms with Crippen LogP contribution in [0.2, 0.25) is 0 Å². The molecule has 0 radical (unpaired) electrons. The summed E-state index contributed by atoms with van der Waals surface area (Å²) in [4.78, 5) is 54.7. The van der Waals surface area contributed by atoms with Gasteiger partial charge in [0.05, 0.1) is 6.61 Å². The van der Waals surface area contributed by atoms with Crippen LogP contribution < -0.4 is 10.6 Å². The van der Waals surface area contributed by atoms with Crippen molar-refractivity contribution in [3.8, 4) is 0 Å². The number of anilines is 1. The van der Waals surface area contributed by atoms with Crippen LogP contribution in [0, 0.1) is 0 Å². The molecule has 3 atom stereocenters. The fourth-order valence-corrected chi connectivity index (χ4v) is 3.15. The number of carboxylic acid groups (broad SMARTS) is 3. The third-order valence-corrected chi connectivity index (χ3v) is 4.89. The van der Waals surface area contributed by atoms with Crippen LogP contribution in [0.1, 0.15) is 29.6 Å². The molecule has 14 heteroatoms. The lowest BCUT2D eigenvalue weighted by Crippen LogP contribution is -2.41. The number of rotatable bonds is 14. The standard InChI is InChI=1S/C17H23N2O11P/c1-18-11-4-2-10(3-5-11)15(22)19-12(16(23)24)8-9-29-31(27,28)30-13(17(25)26)6-7-14(20)21/h2-5,12-13,18H,6-9H2,1H3,(H,19,22)(H,20,21)(H,23,24)(H,25,26)(H,27,28)/t12-,13-/m0/s1. The molecule has 1 aromatic carbocycles. The van der Waals surface area contributed by atoms with E-state index in [-0.39, 0.29) is 5.56 Å². The molecule has 0 saturated carbocycles. The lowest BCUT2D eigenvalue weighted by atomic mass is 10.1. The number of phosphoric ester groups is 1. The Bertz CT molecular complexity index is 843. The van der Waals surface area contributed by atoms with Crippen molar-refractivity contribution in [3.05, 3.63) is 29.8 Å². The maximum absolute atomic E-state index is 12.2. The van der Waals surface area contributed by atoms with Gasteiger partial charge in [-0.25, -0.2) is 14.2 Å². The Balaban J connectivity index is 2.64. The molecule has 0 saturated heterocycles. The molecule has 31 heavy (non-hydrogen) atoms. The minimum atomic E-state index is -4.94. The van der Waals surface area contributed by atoms with Crippen LogP contribution in [0.3, 0.4) is 0 Å². The van der Waals surface area contributed by atoms with Gasteiger partial charge in [-0.3, -0.25) is 18.6 Å². The quantitative estimate of drug-likeness (QED) is 0.212. The van der Waals surface area contributed by atoms with E-state index >= 15 is 0 Å². The number of carboxylic acids is 3. The number of nitrogens with one attached hydrogen (secondary N) is 2. The number of aliphatic carboxylic acids is 3. The number of hydrogen-bond donors (Lipinski definition) is 6. The van der Waals surface area contributed by atoms with E-state index in [1.807, 2.05) is 0 Å². The lowest BCUT2D eigenvalue weighted by molar-refractivity contribution is -0.147. The zero-order chi connectivity index (χ0) is 23.6. The molecule has 0 aliphatic heterocycles. The molecule has 13 nitrogen and oxygen atoms in total. The third-order valence-electron chi connectivity index (χ3n) is 3.86. The summed E-state index contributed by atoms with van der Waals surface area (Å²) >= 11 is 0. The second-order valence-electron chi connectivity index (χ2n) is 6.15. The molecule has 6 N–H and O–H groups in total. The normalized spacial score (nSPS) is 14.6. The van der Waals surface area contributed by atoms with E-state index in [0.717, 1.165) is 5.69 Å². The molecule has 0 fully saturated rings. The van der Waals surface area contributed by atoms with Crippen LogP contribution in [0.15, 0.2) is 24.3 Å². The summed E-state index contributed by atoms with van der Waals surface area (Å²) in [5.74, 6) is -5.12. The van der Waals surface area contributed by atoms with Gasteiger partial charge in [-0.15, -0.1) is 0 Å². The summed E-state index contributed by atoms with van der Waals surface area (Å²) in [5, 5.41) is 31.9. The van der Waals surface area contributed by atoms with Gasteiger partial charge in [0.1, 0.15) is 6.04 Å². The summed E-state index contributed by atoms with van der Waals surface area (Å²) in [6.45, 7) is -0.672. The van der Waals surface area contributed by atoms with E-state index < -0.39 is 69.7 Å². The van der Waals surface area contributed by atoms with Gasteiger partial charge in [0.15, 0.2) is 6.10 Å². The van der Waals surface area contributed by atoms with Crippen LogP contribution in [-0.4, -0.2) is 69.8 Å². The Morgan fingerprint density at radius 3 is 2.13 bits per heavy atom. The highest BCUT2D eigenvalue weighted by molar-refractivity contribution is 7.47. The molecule has 0 bridgehead atoms. The first-order chi connectivity index (χ1) is 14.4. The van der Waals surface area contributed by atoms with Crippen molar-refractivity contribution in [1.82, 2.24) is 5.32 Å². The summed E-state index contributed by atoms with van der Waals surface area (Å²) in [7, 11) is -3.25. The summed E-state index contributed by atoms with van der Waals surface area (Å²) in [6.07, 6.45) is -3.56. The highest BCUT2D eigenvalue weighted by Gasteiger charge is 2.32. The average molecular weight is 462 g/mol. The largest absolute Gasteiger partial charge is 0.481 e. The SMILES string of the molecule is CNc1ccc(C(=O)N[C@@H](CCOP(=O)(O)O[C@@H](CCC(=O)O)C(=O)O)C(=O)O)cc1. The van der Waals surface area contributed by atoms with Crippen LogP contribution in [0.25, 0.3) is 0 Å². The molecule has 0 spiro atoms. The molecule has 1 rings (SSSR count). The highest BCUT2D eigenvalue weighted by Crippen LogP contribution is 2.45. The first-order valence-electron chi connectivity index (χ1n) is 8.87. The Hall–Kier alpha value is -2.99. The number of carbonyl (C=O) groups excluding carboxylic acids is 1. The smallest absolute Gasteiger partial charge is 0.473 e. The molecule has 0 aliphatic rings. The van der Waals surface area contributed by atoms with Gasteiger partial charge in [0.2, 0.25) is 0 Å². The highest BCUT2D eigenvalue weighted by atomic mass is 31.2. The molecule has 1 aromatic rings. The van der Waals surface area contributed by atoms with Gasteiger partial charge < -0.3 is 30.8 Å². The van der Waals surface area contributed by atoms with Crippen LogP contribution in [-0.2, 0) is 28.0 Å². The summed E-state index contributed by atoms with van der Waals surface area (Å²) in [6, 6.07) is 4.68. The zero-order valence-corrected chi connectivity index (χ0v) is 17.3. The molecular weight excluding hydrogens is 439 g/mol. The predicted molar refractivity (Wildman–Crippen MR) is 105 cm³/mol. The van der Waals surface area contributed by atoms with E-state index in [9.17, 15) is 33.7 Å². The maximum Gasteiger partial charge on any atom is 0.473 e. The number of amides is 1. The van der Waals surface area contributed by atoms with Crippen LogP contribution in [0.5, 0.6) is 0 Å². The molecule has 1 unspecified atom stereocenters. The monoisotopic (exact) mass is 462 g/mol. The molecule has 172 valence electrons. The van der Waals surface area contributed by atoms with E-state index in [1.165, 1.54) is 12.1 Å². The van der Waals surface area contributed by atoms with Crippen LogP contribution >= 0.6 is 7.82 Å². The number of carbonyl (C=O) groups is 4. The zero-order valence-electron chi connectivity index (χ0n) is 16.4. The van der Waals surface area contributed by atoms with Crippen molar-refractivity contribution in [2.24, 2.45) is 0 Å². The number of phosphoric acid groups is 1. The lowest BCUT2D eigenvalue weighted by Gasteiger charge is -2.19. The van der Waals surface area contributed by atoms with Crippen molar-refractivity contribution in [2.75, 3.05) is 19.0 Å². The van der Waals surface area contributed by atoms with Gasteiger partial charge in [0, 0.05) is 31.1 Å². The molecule has 1 amide bonds. The van der Waals surface area contributed by atoms with Crippen molar-refractivity contribution in [2.45, 2.75) is 31.4 Å². The van der Waals surface area contributed by atoms with Crippen molar-refractivity contribution < 1.29 is 53.0 Å². The molecular formula is C17H23N2O11P. The van der Waals surface area contributed by atoms with E-state index in [0.29, 0.717) is 0 Å². The first-order valence-corrected chi connectivity index (χ1v) is 10.4. The predicted octanol–water partition coefficient (Wildman–Crippen LogP) is 0.753. The summed E-state index contributed by atoms with van der Waals surface area (Å²) < 4.78 is 20.9. The maximum atomic E-state index is 12.2. The van der Waals surface area contributed by atoms with E-state index in [1.54, 1.807) is 19.2 Å². The van der Waals surface area contributed by atoms with E-state index in [2.05, 4.69) is 19.7 Å². The molecule has 0 aromatic heterocycles. The van der Waals surface area contributed by atoms with E-state index in [4.69, 9.17) is 10.2 Å². The Morgan fingerprint density at radius 1 is 1.03 bits per heavy atom. The van der Waals surface area contributed by atoms with Gasteiger partial charge >= 0.3 is 25.7 Å². The minimum absolute atomic E-state index is 0.185. The van der Waals surface area contributed by atoms with Crippen molar-refractivity contribution >= 4 is 37.3 Å². The fourth-order valence-electron chi connectivity index (χ4n) is 2.24. The first kappa shape index (κ1) is 26.0. The topological polar surface area (TPSA) is 209 Å². The van der Waals surface area contributed by atoms with Gasteiger partial charge in [-0.2, -0.15) is 0 Å². The average Bonchev–Trinajstić information content (AvgIpc) is 2.69. The third kappa shape index (κ3) is 9.57. The van der Waals surface area contributed by atoms with Crippen LogP contribution in [0.4, 0.5) is 5.69 Å². The number of hydrogen-bond acceptors (Lipinski definition) is 8. The molecule has 0 aliphatic carbocycles. The van der Waals surface area contributed by atoms with Gasteiger partial charge in [-0.1, -0.05) is 0 Å². The van der Waals surface area contributed by atoms with Crippen molar-refractivity contribution in [1.29, 1.82) is 0 Å². The second kappa shape index (κ2) is 12.0. The molecule has 0 heterocycles. The Morgan fingerprint density at radius 2 is 1.65 bits per heavy atom. The van der Waals surface area contributed by atoms with Gasteiger partial charge in [-0.05, 0) is 30.7 Å². The summed E-state index contributed by atoms with van der Waals surface area (Å²) in [5.41, 5.74) is 0.923. The Labute approximate surface area is 176 Å². The number of benzene rings is 1. The van der Waals surface area contributed by atoms with Crippen molar-refractivity contribution in [3.63, 3.8) is 0 Å². The minimum Gasteiger partial charge on any atom is -0.481 e. The second-order valence-corrected chi connectivity index (χ2v) is 7.55. The van der Waals surface area contributed by atoms with Gasteiger partial charge in [0.25, 0.3) is 5.91 Å². The Kier molecular flexibility index (Phi) is 10.1. The fraction of sp³-hybridized carbons (Fsp3) is 0.412.